The third-order valence-electron chi connectivity index (χ3n) is 7.24. The number of amides is 3. The summed E-state index contributed by atoms with van der Waals surface area (Å²) < 4.78 is 4.81. The lowest BCUT2D eigenvalue weighted by molar-refractivity contribution is -0.115. The number of benzene rings is 5. The first-order valence-corrected chi connectivity index (χ1v) is 16.0. The Morgan fingerprint density at radius 3 is 1.96 bits per heavy atom. The Labute approximate surface area is 283 Å². The summed E-state index contributed by atoms with van der Waals surface area (Å²) in [6.45, 7) is 1.76. The van der Waals surface area contributed by atoms with E-state index in [1.165, 1.54) is 18.9 Å². The number of carbonyl (C=O) groups excluding carboxylic acids is 4. The van der Waals surface area contributed by atoms with Crippen LogP contribution in [0.3, 0.4) is 0 Å². The Hall–Kier alpha value is -5.93. The minimum Gasteiger partial charge on any atom is -0.465 e. The summed E-state index contributed by atoms with van der Waals surface area (Å²) >= 11 is 1.32. The van der Waals surface area contributed by atoms with E-state index in [-0.39, 0.29) is 17.2 Å². The number of anilines is 2. The molecule has 3 amide bonds. The molecule has 9 heteroatoms. The van der Waals surface area contributed by atoms with E-state index < -0.39 is 23.0 Å². The third-order valence-corrected chi connectivity index (χ3v) is 8.35. The smallest absolute Gasteiger partial charge is 0.339 e. The first-order valence-electron chi connectivity index (χ1n) is 15.1. The molecule has 0 spiro atoms. The van der Waals surface area contributed by atoms with Gasteiger partial charge in [0.15, 0.2) is 0 Å². The van der Waals surface area contributed by atoms with E-state index in [0.29, 0.717) is 16.9 Å². The standard InChI is InChI=1S/C39H33N3O5S/c1-26(36(43)41-34-16-10-9-15-33(34)39(46)47-2)48-32-23-21-31(22-24-32)40-38(45)35(42-37(44)30-13-7-4-8-14-30)25-27-17-19-29(20-18-27)28-11-5-3-6-12-28/h3-26H,1-2H3,(H,40,45)(H,41,43)(H,42,44)/b35-25-. The number of hydrogen-bond donors (Lipinski definition) is 3. The summed E-state index contributed by atoms with van der Waals surface area (Å²) in [5.74, 6) is -1.73. The van der Waals surface area contributed by atoms with Crippen molar-refractivity contribution in [3.05, 3.63) is 156 Å². The highest BCUT2D eigenvalue weighted by Gasteiger charge is 2.19. The van der Waals surface area contributed by atoms with Gasteiger partial charge in [0.2, 0.25) is 5.91 Å². The van der Waals surface area contributed by atoms with Crippen molar-refractivity contribution in [1.29, 1.82) is 0 Å². The van der Waals surface area contributed by atoms with Crippen LogP contribution in [0.15, 0.2) is 144 Å². The lowest BCUT2D eigenvalue weighted by Crippen LogP contribution is -2.30. The van der Waals surface area contributed by atoms with Gasteiger partial charge in [-0.05, 0) is 78.2 Å². The van der Waals surface area contributed by atoms with Crippen LogP contribution in [-0.4, -0.2) is 36.1 Å². The van der Waals surface area contributed by atoms with E-state index in [9.17, 15) is 19.2 Å². The van der Waals surface area contributed by atoms with Crippen LogP contribution >= 0.6 is 11.8 Å². The van der Waals surface area contributed by atoms with Gasteiger partial charge in [0.25, 0.3) is 11.8 Å². The SMILES string of the molecule is COC(=O)c1ccccc1NC(=O)C(C)Sc1ccc(NC(=O)/C(=C/c2ccc(-c3ccccc3)cc2)NC(=O)c2ccccc2)cc1. The van der Waals surface area contributed by atoms with E-state index in [0.717, 1.165) is 21.6 Å². The molecule has 0 radical (unpaired) electrons. The molecule has 0 aromatic heterocycles. The van der Waals surface area contributed by atoms with E-state index in [1.54, 1.807) is 85.8 Å². The Morgan fingerprint density at radius 1 is 0.688 bits per heavy atom. The number of esters is 1. The maximum Gasteiger partial charge on any atom is 0.339 e. The minimum absolute atomic E-state index is 0.0762. The first-order chi connectivity index (χ1) is 23.3. The molecule has 0 heterocycles. The largest absolute Gasteiger partial charge is 0.465 e. The van der Waals surface area contributed by atoms with Gasteiger partial charge in [0, 0.05) is 16.1 Å². The Balaban J connectivity index is 1.27. The van der Waals surface area contributed by atoms with Gasteiger partial charge in [-0.15, -0.1) is 11.8 Å². The molecule has 5 aromatic rings. The maximum absolute atomic E-state index is 13.5. The molecule has 0 saturated carbocycles. The molecular formula is C39H33N3O5S. The van der Waals surface area contributed by atoms with Crippen molar-refractivity contribution in [3.8, 4) is 11.1 Å². The van der Waals surface area contributed by atoms with E-state index in [2.05, 4.69) is 16.0 Å². The van der Waals surface area contributed by atoms with Gasteiger partial charge in [-0.3, -0.25) is 14.4 Å². The minimum atomic E-state index is -0.539. The molecule has 0 bridgehead atoms. The predicted molar refractivity (Wildman–Crippen MR) is 191 cm³/mol. The van der Waals surface area contributed by atoms with Crippen LogP contribution in [0.5, 0.6) is 0 Å². The number of carbonyl (C=O) groups is 4. The molecule has 8 nitrogen and oxygen atoms in total. The molecule has 240 valence electrons. The summed E-state index contributed by atoms with van der Waals surface area (Å²) in [7, 11) is 1.29. The molecule has 5 aromatic carbocycles. The zero-order valence-corrected chi connectivity index (χ0v) is 27.1. The van der Waals surface area contributed by atoms with Crippen LogP contribution in [0, 0.1) is 0 Å². The van der Waals surface area contributed by atoms with Crippen LogP contribution < -0.4 is 16.0 Å². The zero-order valence-electron chi connectivity index (χ0n) is 26.3. The van der Waals surface area contributed by atoms with Gasteiger partial charge in [0.1, 0.15) is 5.70 Å². The number of ether oxygens (including phenoxy) is 1. The molecule has 0 aliphatic carbocycles. The molecule has 3 N–H and O–H groups in total. The number of nitrogens with one attached hydrogen (secondary N) is 3. The second-order valence-electron chi connectivity index (χ2n) is 10.6. The van der Waals surface area contributed by atoms with Crippen LogP contribution in [0.25, 0.3) is 17.2 Å². The number of methoxy groups -OCH3 is 1. The molecule has 0 fully saturated rings. The van der Waals surface area contributed by atoms with Gasteiger partial charge in [-0.25, -0.2) is 4.79 Å². The fraction of sp³-hybridized carbons (Fsp3) is 0.0769. The molecule has 1 unspecified atom stereocenters. The van der Waals surface area contributed by atoms with Crippen molar-refractivity contribution < 1.29 is 23.9 Å². The molecule has 48 heavy (non-hydrogen) atoms. The number of rotatable bonds is 11. The average molecular weight is 656 g/mol. The van der Waals surface area contributed by atoms with Crippen LogP contribution in [0.4, 0.5) is 11.4 Å². The number of thioether (sulfide) groups is 1. The quantitative estimate of drug-likeness (QED) is 0.0765. The van der Waals surface area contributed by atoms with Gasteiger partial charge in [-0.1, -0.05) is 84.9 Å². The lowest BCUT2D eigenvalue weighted by atomic mass is 10.0. The van der Waals surface area contributed by atoms with Crippen LogP contribution in [0.2, 0.25) is 0 Å². The van der Waals surface area contributed by atoms with Crippen molar-refractivity contribution in [2.24, 2.45) is 0 Å². The second-order valence-corrected chi connectivity index (χ2v) is 12.0. The Kier molecular flexibility index (Phi) is 11.2. The molecular weight excluding hydrogens is 623 g/mol. The summed E-state index contributed by atoms with van der Waals surface area (Å²) in [5, 5.41) is 7.93. The van der Waals surface area contributed by atoms with Crippen molar-refractivity contribution in [3.63, 3.8) is 0 Å². The Bertz CT molecular complexity index is 1930. The topological polar surface area (TPSA) is 114 Å². The normalized spacial score (nSPS) is 11.6. The van der Waals surface area contributed by atoms with E-state index in [1.807, 2.05) is 60.7 Å². The van der Waals surface area contributed by atoms with Crippen LogP contribution in [-0.2, 0) is 14.3 Å². The molecule has 0 saturated heterocycles. The summed E-state index contributed by atoms with van der Waals surface area (Å²) in [5.41, 5.74) is 4.48. The molecule has 0 aliphatic rings. The van der Waals surface area contributed by atoms with Gasteiger partial charge >= 0.3 is 5.97 Å². The summed E-state index contributed by atoms with van der Waals surface area (Å²) in [6.07, 6.45) is 1.63. The highest BCUT2D eigenvalue weighted by molar-refractivity contribution is 8.00. The molecule has 5 rings (SSSR count). The van der Waals surface area contributed by atoms with Gasteiger partial charge in [0.05, 0.1) is 23.6 Å². The lowest BCUT2D eigenvalue weighted by Gasteiger charge is -2.15. The summed E-state index contributed by atoms with van der Waals surface area (Å²) in [6, 6.07) is 40.0. The van der Waals surface area contributed by atoms with E-state index in [4.69, 9.17) is 4.74 Å². The van der Waals surface area contributed by atoms with Crippen molar-refractivity contribution in [1.82, 2.24) is 5.32 Å². The molecule has 0 aliphatic heterocycles. The van der Waals surface area contributed by atoms with Gasteiger partial charge in [-0.2, -0.15) is 0 Å². The average Bonchev–Trinajstić information content (AvgIpc) is 3.13. The van der Waals surface area contributed by atoms with Crippen molar-refractivity contribution >= 4 is 52.9 Å². The fourth-order valence-electron chi connectivity index (χ4n) is 4.70. The highest BCUT2D eigenvalue weighted by atomic mass is 32.2. The maximum atomic E-state index is 13.5. The predicted octanol–water partition coefficient (Wildman–Crippen LogP) is 7.67. The van der Waals surface area contributed by atoms with E-state index >= 15 is 0 Å². The Morgan fingerprint density at radius 2 is 1.29 bits per heavy atom. The highest BCUT2D eigenvalue weighted by Crippen LogP contribution is 2.27. The number of hydrogen-bond acceptors (Lipinski definition) is 6. The van der Waals surface area contributed by atoms with Crippen molar-refractivity contribution in [2.75, 3.05) is 17.7 Å². The monoisotopic (exact) mass is 655 g/mol. The van der Waals surface area contributed by atoms with Gasteiger partial charge < -0.3 is 20.7 Å². The summed E-state index contributed by atoms with van der Waals surface area (Å²) in [4.78, 5) is 52.3. The number of para-hydroxylation sites is 1. The van der Waals surface area contributed by atoms with Crippen molar-refractivity contribution in [2.45, 2.75) is 17.1 Å². The first kappa shape index (κ1) is 33.4. The zero-order chi connectivity index (χ0) is 33.9. The van der Waals surface area contributed by atoms with Crippen LogP contribution in [0.1, 0.15) is 33.2 Å². The third kappa shape index (κ3) is 8.86. The molecule has 1 atom stereocenters. The second kappa shape index (κ2) is 16.1. The fourth-order valence-corrected chi connectivity index (χ4v) is 5.57.